The van der Waals surface area contributed by atoms with Crippen molar-refractivity contribution in [1.29, 1.82) is 0 Å². The van der Waals surface area contributed by atoms with E-state index in [0.717, 1.165) is 18.4 Å². The van der Waals surface area contributed by atoms with Gasteiger partial charge in [-0.1, -0.05) is 32.3 Å². The maximum atomic E-state index is 8.55. The fourth-order valence-electron chi connectivity index (χ4n) is 0.746. The first-order chi connectivity index (χ1) is 5.66. The van der Waals surface area contributed by atoms with E-state index in [1.807, 2.05) is 0 Å². The largest absolute Gasteiger partial charge is 0.396 e. The van der Waals surface area contributed by atoms with Gasteiger partial charge in [0, 0.05) is 19.4 Å². The lowest BCUT2D eigenvalue weighted by molar-refractivity contribution is 0.301. The SMILES string of the molecule is C=C(C#CCCC(C)C)CCO. The number of hydrogen-bond acceptors (Lipinski definition) is 1. The van der Waals surface area contributed by atoms with Gasteiger partial charge in [0.25, 0.3) is 0 Å². The van der Waals surface area contributed by atoms with Crippen molar-refractivity contribution in [2.24, 2.45) is 5.92 Å². The lowest BCUT2D eigenvalue weighted by atomic mass is 10.1. The summed E-state index contributed by atoms with van der Waals surface area (Å²) in [7, 11) is 0. The van der Waals surface area contributed by atoms with E-state index in [0.29, 0.717) is 12.3 Å². The molecule has 0 saturated carbocycles. The zero-order valence-corrected chi connectivity index (χ0v) is 8.06. The van der Waals surface area contributed by atoms with Crippen LogP contribution in [0.5, 0.6) is 0 Å². The molecule has 0 rings (SSSR count). The Balaban J connectivity index is 3.51. The van der Waals surface area contributed by atoms with E-state index >= 15 is 0 Å². The summed E-state index contributed by atoms with van der Waals surface area (Å²) in [5.74, 6) is 6.69. The van der Waals surface area contributed by atoms with Gasteiger partial charge in [0.15, 0.2) is 0 Å². The first kappa shape index (κ1) is 11.3. The highest BCUT2D eigenvalue weighted by atomic mass is 16.2. The van der Waals surface area contributed by atoms with Gasteiger partial charge in [0.2, 0.25) is 0 Å². The van der Waals surface area contributed by atoms with Gasteiger partial charge in [-0.3, -0.25) is 0 Å². The molecule has 0 unspecified atom stereocenters. The van der Waals surface area contributed by atoms with E-state index in [9.17, 15) is 0 Å². The van der Waals surface area contributed by atoms with Crippen LogP contribution in [0.1, 0.15) is 33.1 Å². The lowest BCUT2D eigenvalue weighted by Crippen LogP contribution is -1.85. The van der Waals surface area contributed by atoms with Gasteiger partial charge in [0.1, 0.15) is 0 Å². The topological polar surface area (TPSA) is 20.2 Å². The van der Waals surface area contributed by atoms with Crippen LogP contribution in [-0.2, 0) is 0 Å². The number of rotatable bonds is 4. The maximum Gasteiger partial charge on any atom is 0.0477 e. The average Bonchev–Trinajstić information content (AvgIpc) is 1.98. The maximum absolute atomic E-state index is 8.55. The highest BCUT2D eigenvalue weighted by molar-refractivity contribution is 5.25. The van der Waals surface area contributed by atoms with Gasteiger partial charge in [-0.05, 0) is 17.9 Å². The van der Waals surface area contributed by atoms with Crippen LogP contribution in [0.15, 0.2) is 12.2 Å². The number of aliphatic hydroxyl groups excluding tert-OH is 1. The van der Waals surface area contributed by atoms with E-state index in [2.05, 4.69) is 32.3 Å². The molecule has 0 amide bonds. The molecule has 0 bridgehead atoms. The molecular formula is C11H18O. The van der Waals surface area contributed by atoms with Crippen molar-refractivity contribution >= 4 is 0 Å². The molecule has 0 aromatic rings. The normalized spacial score (nSPS) is 9.33. The summed E-state index contributed by atoms with van der Waals surface area (Å²) in [5, 5.41) is 8.55. The minimum Gasteiger partial charge on any atom is -0.396 e. The zero-order valence-electron chi connectivity index (χ0n) is 8.06. The van der Waals surface area contributed by atoms with E-state index in [1.54, 1.807) is 0 Å². The lowest BCUT2D eigenvalue weighted by Gasteiger charge is -1.97. The average molecular weight is 166 g/mol. The smallest absolute Gasteiger partial charge is 0.0477 e. The van der Waals surface area contributed by atoms with Crippen molar-refractivity contribution in [3.63, 3.8) is 0 Å². The minimum atomic E-state index is 0.150. The van der Waals surface area contributed by atoms with Crippen LogP contribution in [0.25, 0.3) is 0 Å². The fourth-order valence-corrected chi connectivity index (χ4v) is 0.746. The Morgan fingerprint density at radius 2 is 2.17 bits per heavy atom. The Labute approximate surface area is 75.5 Å². The van der Waals surface area contributed by atoms with Gasteiger partial charge >= 0.3 is 0 Å². The highest BCUT2D eigenvalue weighted by Crippen LogP contribution is 2.02. The molecule has 0 aliphatic heterocycles. The third-order valence-corrected chi connectivity index (χ3v) is 1.53. The van der Waals surface area contributed by atoms with Crippen LogP contribution in [0, 0.1) is 17.8 Å². The Morgan fingerprint density at radius 1 is 1.50 bits per heavy atom. The molecule has 0 radical (unpaired) electrons. The molecule has 1 N–H and O–H groups in total. The number of hydrogen-bond donors (Lipinski definition) is 1. The van der Waals surface area contributed by atoms with Crippen molar-refractivity contribution in [2.45, 2.75) is 33.1 Å². The van der Waals surface area contributed by atoms with Gasteiger partial charge in [-0.25, -0.2) is 0 Å². The van der Waals surface area contributed by atoms with Gasteiger partial charge in [-0.2, -0.15) is 0 Å². The van der Waals surface area contributed by atoms with Crippen LogP contribution < -0.4 is 0 Å². The molecule has 0 aromatic heterocycles. The van der Waals surface area contributed by atoms with Crippen molar-refractivity contribution in [2.75, 3.05) is 6.61 Å². The van der Waals surface area contributed by atoms with Gasteiger partial charge in [-0.15, -0.1) is 0 Å². The Hall–Kier alpha value is -0.740. The molecule has 0 aliphatic carbocycles. The predicted molar refractivity (Wildman–Crippen MR) is 52.7 cm³/mol. The molecule has 1 nitrogen and oxygen atoms in total. The molecule has 0 fully saturated rings. The molecule has 0 aromatic carbocycles. The van der Waals surface area contributed by atoms with Crippen molar-refractivity contribution in [1.82, 2.24) is 0 Å². The van der Waals surface area contributed by atoms with E-state index in [1.165, 1.54) is 0 Å². The summed E-state index contributed by atoms with van der Waals surface area (Å²) in [4.78, 5) is 0. The van der Waals surface area contributed by atoms with Crippen molar-refractivity contribution in [3.8, 4) is 11.8 Å². The molecule has 0 atom stereocenters. The van der Waals surface area contributed by atoms with Crippen molar-refractivity contribution < 1.29 is 5.11 Å². The van der Waals surface area contributed by atoms with E-state index < -0.39 is 0 Å². The summed E-state index contributed by atoms with van der Waals surface area (Å²) < 4.78 is 0. The molecule has 12 heavy (non-hydrogen) atoms. The first-order valence-corrected chi connectivity index (χ1v) is 4.44. The van der Waals surface area contributed by atoms with Crippen LogP contribution in [0.4, 0.5) is 0 Å². The second-order valence-corrected chi connectivity index (χ2v) is 3.31. The summed E-state index contributed by atoms with van der Waals surface area (Å²) in [6, 6.07) is 0. The highest BCUT2D eigenvalue weighted by Gasteiger charge is 1.89. The molecule has 0 aliphatic rings. The third kappa shape index (κ3) is 7.37. The van der Waals surface area contributed by atoms with Gasteiger partial charge in [0.05, 0.1) is 0 Å². The Kier molecular flexibility index (Phi) is 6.51. The fraction of sp³-hybridized carbons (Fsp3) is 0.636. The molecule has 0 saturated heterocycles. The Morgan fingerprint density at radius 3 is 2.67 bits per heavy atom. The second kappa shape index (κ2) is 6.94. The summed E-state index contributed by atoms with van der Waals surface area (Å²) in [6.45, 7) is 8.25. The van der Waals surface area contributed by atoms with E-state index in [4.69, 9.17) is 5.11 Å². The van der Waals surface area contributed by atoms with Crippen LogP contribution in [0.2, 0.25) is 0 Å². The standard InChI is InChI=1S/C11H18O/c1-10(2)6-4-5-7-11(3)8-9-12/h10,12H,3-4,6,8-9H2,1-2H3. The Bertz CT molecular complexity index is 181. The number of aliphatic hydroxyl groups is 1. The summed E-state index contributed by atoms with van der Waals surface area (Å²) in [6.07, 6.45) is 2.68. The summed E-state index contributed by atoms with van der Waals surface area (Å²) >= 11 is 0. The zero-order chi connectivity index (χ0) is 9.40. The molecule has 1 heteroatoms. The van der Waals surface area contributed by atoms with Crippen LogP contribution in [0.3, 0.4) is 0 Å². The first-order valence-electron chi connectivity index (χ1n) is 4.44. The third-order valence-electron chi connectivity index (χ3n) is 1.53. The molecule has 0 heterocycles. The van der Waals surface area contributed by atoms with Crippen LogP contribution in [-0.4, -0.2) is 11.7 Å². The monoisotopic (exact) mass is 166 g/mol. The molecule has 0 spiro atoms. The second-order valence-electron chi connectivity index (χ2n) is 3.31. The quantitative estimate of drug-likeness (QED) is 0.636. The minimum absolute atomic E-state index is 0.150. The van der Waals surface area contributed by atoms with Gasteiger partial charge < -0.3 is 5.11 Å². The van der Waals surface area contributed by atoms with E-state index in [-0.39, 0.29) is 6.61 Å². The summed E-state index contributed by atoms with van der Waals surface area (Å²) in [5.41, 5.74) is 0.834. The molecule has 68 valence electrons. The molecular weight excluding hydrogens is 148 g/mol. The predicted octanol–water partition coefficient (Wildman–Crippen LogP) is 2.36. The van der Waals surface area contributed by atoms with Crippen molar-refractivity contribution in [3.05, 3.63) is 12.2 Å². The van der Waals surface area contributed by atoms with Crippen LogP contribution >= 0.6 is 0 Å².